The molecule has 2 aromatic rings. The molecule has 0 unspecified atom stereocenters. The van der Waals surface area contributed by atoms with E-state index in [-0.39, 0.29) is 17.7 Å². The van der Waals surface area contributed by atoms with Crippen LogP contribution in [0.15, 0.2) is 48.5 Å². The van der Waals surface area contributed by atoms with E-state index in [1.165, 1.54) is 5.56 Å². The Morgan fingerprint density at radius 2 is 2.04 bits per heavy atom. The molecular weight excluding hydrogens is 326 g/mol. The highest BCUT2D eigenvalue weighted by Crippen LogP contribution is 2.23. The Balaban J connectivity index is 1.38. The monoisotopic (exact) mass is 349 g/mol. The van der Waals surface area contributed by atoms with Crippen molar-refractivity contribution in [2.75, 3.05) is 18.4 Å². The molecule has 0 spiro atoms. The number of benzene rings is 2. The second-order valence-corrected chi connectivity index (χ2v) is 7.10. The molecule has 2 N–H and O–H groups in total. The van der Waals surface area contributed by atoms with Gasteiger partial charge in [-0.2, -0.15) is 0 Å². The lowest BCUT2D eigenvalue weighted by Gasteiger charge is -2.32. The van der Waals surface area contributed by atoms with Crippen LogP contribution in [-0.4, -0.2) is 29.8 Å². The summed E-state index contributed by atoms with van der Waals surface area (Å²) < 4.78 is 0. The summed E-state index contributed by atoms with van der Waals surface area (Å²) in [6, 6.07) is 15.9. The Kier molecular flexibility index (Phi) is 4.71. The number of rotatable bonds is 4. The molecule has 0 saturated carbocycles. The molecule has 2 heterocycles. The first-order valence-corrected chi connectivity index (χ1v) is 9.17. The molecule has 2 amide bonds. The lowest BCUT2D eigenvalue weighted by Crippen LogP contribution is -2.40. The Morgan fingerprint density at radius 1 is 1.19 bits per heavy atom. The predicted molar refractivity (Wildman–Crippen MR) is 101 cm³/mol. The van der Waals surface area contributed by atoms with E-state index >= 15 is 0 Å². The minimum Gasteiger partial charge on any atom is -0.348 e. The van der Waals surface area contributed by atoms with E-state index in [2.05, 4.69) is 27.7 Å². The van der Waals surface area contributed by atoms with Crippen LogP contribution in [0.1, 0.15) is 34.3 Å². The lowest BCUT2D eigenvalue weighted by molar-refractivity contribution is -0.121. The van der Waals surface area contributed by atoms with Crippen molar-refractivity contribution in [2.45, 2.75) is 25.9 Å². The van der Waals surface area contributed by atoms with Gasteiger partial charge in [0.1, 0.15) is 0 Å². The first-order valence-electron chi connectivity index (χ1n) is 9.17. The number of piperidine rings is 1. The van der Waals surface area contributed by atoms with Crippen molar-refractivity contribution in [3.05, 3.63) is 65.2 Å². The number of likely N-dealkylation sites (tertiary alicyclic amines) is 1. The molecule has 26 heavy (non-hydrogen) atoms. The van der Waals surface area contributed by atoms with Crippen molar-refractivity contribution in [3.63, 3.8) is 0 Å². The van der Waals surface area contributed by atoms with E-state index in [0.717, 1.165) is 38.0 Å². The number of anilines is 1. The van der Waals surface area contributed by atoms with Gasteiger partial charge in [-0.3, -0.25) is 14.5 Å². The maximum atomic E-state index is 12.7. The number of hydrogen-bond acceptors (Lipinski definition) is 3. The first-order chi connectivity index (χ1) is 12.7. The van der Waals surface area contributed by atoms with Crippen LogP contribution in [-0.2, 0) is 17.9 Å². The van der Waals surface area contributed by atoms with Gasteiger partial charge in [0, 0.05) is 30.9 Å². The summed E-state index contributed by atoms with van der Waals surface area (Å²) >= 11 is 0. The number of carbonyl (C=O) groups excluding carboxylic acids is 2. The average Bonchev–Trinajstić information content (AvgIpc) is 3.03. The van der Waals surface area contributed by atoms with Crippen molar-refractivity contribution < 1.29 is 9.59 Å². The number of fused-ring (bicyclic) bond motifs is 1. The first kappa shape index (κ1) is 16.8. The molecule has 0 bridgehead atoms. The third-order valence-corrected chi connectivity index (χ3v) is 5.19. The third kappa shape index (κ3) is 3.63. The molecule has 2 aliphatic heterocycles. The van der Waals surface area contributed by atoms with Crippen LogP contribution in [0.2, 0.25) is 0 Å². The normalized spacial score (nSPS) is 19.7. The van der Waals surface area contributed by atoms with E-state index in [1.807, 2.05) is 30.3 Å². The Hall–Kier alpha value is -2.66. The summed E-state index contributed by atoms with van der Waals surface area (Å²) in [5.74, 6) is -0.0431. The summed E-state index contributed by atoms with van der Waals surface area (Å²) in [7, 11) is 0. The lowest BCUT2D eigenvalue weighted by atomic mass is 9.96. The predicted octanol–water partition coefficient (Wildman–Crippen LogP) is 2.78. The van der Waals surface area contributed by atoms with Crippen molar-refractivity contribution in [1.29, 1.82) is 0 Å². The number of nitrogens with zero attached hydrogens (tertiary/aromatic N) is 1. The smallest absolute Gasteiger partial charge is 0.251 e. The molecular formula is C21H23N3O2. The SMILES string of the molecule is O=C1NCc2ccc(NC(=O)[C@@H]3CCCN(Cc4ccccc4)C3)cc21. The molecule has 1 fully saturated rings. The van der Waals surface area contributed by atoms with Crippen molar-refractivity contribution in [2.24, 2.45) is 5.92 Å². The molecule has 4 rings (SSSR count). The topological polar surface area (TPSA) is 61.4 Å². The molecule has 2 aromatic carbocycles. The number of nitrogens with one attached hydrogen (secondary N) is 2. The van der Waals surface area contributed by atoms with Crippen LogP contribution < -0.4 is 10.6 Å². The standard InChI is InChI=1S/C21H23N3O2/c25-20(23-18-9-8-16-12-22-21(26)19(16)11-18)17-7-4-10-24(14-17)13-15-5-2-1-3-6-15/h1-3,5-6,8-9,11,17H,4,7,10,12-14H2,(H,22,26)(H,23,25)/t17-/m1/s1. The molecule has 0 radical (unpaired) electrons. The number of carbonyl (C=O) groups is 2. The average molecular weight is 349 g/mol. The van der Waals surface area contributed by atoms with Gasteiger partial charge in [0.25, 0.3) is 5.91 Å². The summed E-state index contributed by atoms with van der Waals surface area (Å²) in [6.07, 6.45) is 1.93. The number of amides is 2. The van der Waals surface area contributed by atoms with Gasteiger partial charge < -0.3 is 10.6 Å². The summed E-state index contributed by atoms with van der Waals surface area (Å²) in [5.41, 5.74) is 3.63. The molecule has 2 aliphatic rings. The highest BCUT2D eigenvalue weighted by atomic mass is 16.2. The second kappa shape index (κ2) is 7.30. The van der Waals surface area contributed by atoms with E-state index in [4.69, 9.17) is 0 Å². The third-order valence-electron chi connectivity index (χ3n) is 5.19. The van der Waals surface area contributed by atoms with Gasteiger partial charge in [0.15, 0.2) is 0 Å². The van der Waals surface area contributed by atoms with E-state index < -0.39 is 0 Å². The van der Waals surface area contributed by atoms with Crippen LogP contribution in [0.25, 0.3) is 0 Å². The van der Waals surface area contributed by atoms with Gasteiger partial charge in [-0.25, -0.2) is 0 Å². The fourth-order valence-electron chi connectivity index (χ4n) is 3.79. The van der Waals surface area contributed by atoms with Gasteiger partial charge in [0.2, 0.25) is 5.91 Å². The minimum absolute atomic E-state index is 0.0189. The van der Waals surface area contributed by atoms with Crippen LogP contribution >= 0.6 is 0 Å². The molecule has 5 heteroatoms. The molecule has 0 aliphatic carbocycles. The minimum atomic E-state index is -0.0669. The fourth-order valence-corrected chi connectivity index (χ4v) is 3.79. The maximum absolute atomic E-state index is 12.7. The van der Waals surface area contributed by atoms with Gasteiger partial charge in [-0.1, -0.05) is 36.4 Å². The van der Waals surface area contributed by atoms with Gasteiger partial charge >= 0.3 is 0 Å². The fraction of sp³-hybridized carbons (Fsp3) is 0.333. The highest BCUT2D eigenvalue weighted by molar-refractivity contribution is 6.00. The molecule has 0 aromatic heterocycles. The second-order valence-electron chi connectivity index (χ2n) is 7.10. The van der Waals surface area contributed by atoms with E-state index in [0.29, 0.717) is 17.8 Å². The molecule has 1 atom stereocenters. The summed E-state index contributed by atoms with van der Waals surface area (Å²) in [4.78, 5) is 26.8. The van der Waals surface area contributed by atoms with Crippen LogP contribution in [0, 0.1) is 5.92 Å². The maximum Gasteiger partial charge on any atom is 0.251 e. The summed E-state index contributed by atoms with van der Waals surface area (Å²) in [5, 5.41) is 5.80. The zero-order valence-electron chi connectivity index (χ0n) is 14.7. The Labute approximate surface area is 153 Å². The van der Waals surface area contributed by atoms with E-state index in [1.54, 1.807) is 6.07 Å². The molecule has 5 nitrogen and oxygen atoms in total. The zero-order chi connectivity index (χ0) is 17.9. The summed E-state index contributed by atoms with van der Waals surface area (Å²) in [6.45, 7) is 3.24. The van der Waals surface area contributed by atoms with Crippen molar-refractivity contribution in [3.8, 4) is 0 Å². The Bertz CT molecular complexity index is 819. The van der Waals surface area contributed by atoms with Gasteiger partial charge in [0.05, 0.1) is 5.92 Å². The highest BCUT2D eigenvalue weighted by Gasteiger charge is 2.26. The van der Waals surface area contributed by atoms with E-state index in [9.17, 15) is 9.59 Å². The van der Waals surface area contributed by atoms with Crippen LogP contribution in [0.4, 0.5) is 5.69 Å². The van der Waals surface area contributed by atoms with Crippen molar-refractivity contribution in [1.82, 2.24) is 10.2 Å². The van der Waals surface area contributed by atoms with Crippen LogP contribution in [0.3, 0.4) is 0 Å². The van der Waals surface area contributed by atoms with Crippen molar-refractivity contribution >= 4 is 17.5 Å². The van der Waals surface area contributed by atoms with Crippen LogP contribution in [0.5, 0.6) is 0 Å². The van der Waals surface area contributed by atoms with Gasteiger partial charge in [-0.15, -0.1) is 0 Å². The molecule has 1 saturated heterocycles. The molecule has 134 valence electrons. The quantitative estimate of drug-likeness (QED) is 0.892. The zero-order valence-corrected chi connectivity index (χ0v) is 14.7. The van der Waals surface area contributed by atoms with Gasteiger partial charge in [-0.05, 0) is 42.6 Å². The number of hydrogen-bond donors (Lipinski definition) is 2. The Morgan fingerprint density at radius 3 is 2.88 bits per heavy atom. The largest absolute Gasteiger partial charge is 0.348 e.